The third-order valence-corrected chi connectivity index (χ3v) is 2.98. The molecule has 0 unspecified atom stereocenters. The molecule has 3 heteroatoms. The van der Waals surface area contributed by atoms with Gasteiger partial charge in [-0.2, -0.15) is 0 Å². The first-order valence-corrected chi connectivity index (χ1v) is 7.03. The maximum atomic E-state index is 12.0. The summed E-state index contributed by atoms with van der Waals surface area (Å²) in [7, 11) is 4.18. The standard InChI is InChI=1S/C15H32N2O/c1-13(2)12-17(11-10-16(6)7)9-8-14(18)15(3,4)5/h13H,8-12H2,1-7H3. The first-order valence-electron chi connectivity index (χ1n) is 7.03. The second-order valence-corrected chi connectivity index (χ2v) is 6.92. The second kappa shape index (κ2) is 7.90. The predicted octanol–water partition coefficient (Wildman–Crippen LogP) is 2.51. The van der Waals surface area contributed by atoms with Crippen molar-refractivity contribution in [2.45, 2.75) is 41.0 Å². The van der Waals surface area contributed by atoms with Crippen LogP contribution >= 0.6 is 0 Å². The fraction of sp³-hybridized carbons (Fsp3) is 0.933. The van der Waals surface area contributed by atoms with E-state index in [0.717, 1.165) is 26.2 Å². The van der Waals surface area contributed by atoms with Crippen LogP contribution in [0.3, 0.4) is 0 Å². The number of rotatable bonds is 8. The molecule has 0 amide bonds. The third kappa shape index (κ3) is 8.65. The molecule has 0 rings (SSSR count). The highest BCUT2D eigenvalue weighted by Gasteiger charge is 2.21. The third-order valence-electron chi connectivity index (χ3n) is 2.98. The molecule has 0 heterocycles. The Kier molecular flexibility index (Phi) is 7.72. The Morgan fingerprint density at radius 3 is 2.00 bits per heavy atom. The number of Topliss-reactive ketones (excluding diaryl/α,β-unsaturated/α-hetero) is 1. The first kappa shape index (κ1) is 17.6. The lowest BCUT2D eigenvalue weighted by molar-refractivity contribution is -0.126. The Hall–Kier alpha value is -0.410. The number of carbonyl (C=O) groups is 1. The molecule has 0 aromatic heterocycles. The summed E-state index contributed by atoms with van der Waals surface area (Å²) in [4.78, 5) is 16.6. The summed E-state index contributed by atoms with van der Waals surface area (Å²) < 4.78 is 0. The lowest BCUT2D eigenvalue weighted by atomic mass is 9.89. The minimum absolute atomic E-state index is 0.203. The SMILES string of the molecule is CC(C)CN(CCC(=O)C(C)(C)C)CCN(C)C. The summed E-state index contributed by atoms with van der Waals surface area (Å²) in [6.07, 6.45) is 0.670. The van der Waals surface area contributed by atoms with Gasteiger partial charge >= 0.3 is 0 Å². The fourth-order valence-corrected chi connectivity index (χ4v) is 1.79. The van der Waals surface area contributed by atoms with Gasteiger partial charge in [-0.25, -0.2) is 0 Å². The molecule has 108 valence electrons. The molecule has 0 aliphatic heterocycles. The van der Waals surface area contributed by atoms with Gasteiger partial charge in [-0.05, 0) is 20.0 Å². The van der Waals surface area contributed by atoms with Gasteiger partial charge in [0.1, 0.15) is 5.78 Å². The number of carbonyl (C=O) groups excluding carboxylic acids is 1. The van der Waals surface area contributed by atoms with E-state index in [4.69, 9.17) is 0 Å². The van der Waals surface area contributed by atoms with Gasteiger partial charge in [-0.1, -0.05) is 34.6 Å². The van der Waals surface area contributed by atoms with Crippen LogP contribution in [-0.4, -0.2) is 55.9 Å². The van der Waals surface area contributed by atoms with Gasteiger partial charge in [-0.15, -0.1) is 0 Å². The molecular weight excluding hydrogens is 224 g/mol. The van der Waals surface area contributed by atoms with E-state index in [9.17, 15) is 4.79 Å². The Balaban J connectivity index is 4.19. The minimum Gasteiger partial charge on any atom is -0.308 e. The fourth-order valence-electron chi connectivity index (χ4n) is 1.79. The maximum absolute atomic E-state index is 12.0. The van der Waals surface area contributed by atoms with E-state index in [0.29, 0.717) is 18.1 Å². The average molecular weight is 256 g/mol. The van der Waals surface area contributed by atoms with Crippen LogP contribution < -0.4 is 0 Å². The Labute approximate surface area is 114 Å². The van der Waals surface area contributed by atoms with E-state index in [1.165, 1.54) is 0 Å². The van der Waals surface area contributed by atoms with E-state index in [-0.39, 0.29) is 5.41 Å². The van der Waals surface area contributed by atoms with Crippen molar-refractivity contribution in [1.29, 1.82) is 0 Å². The van der Waals surface area contributed by atoms with Gasteiger partial charge in [-0.3, -0.25) is 4.79 Å². The zero-order valence-electron chi connectivity index (χ0n) is 13.4. The van der Waals surface area contributed by atoms with Crippen molar-refractivity contribution in [3.63, 3.8) is 0 Å². The normalized spacial score (nSPS) is 12.8. The molecule has 0 aliphatic carbocycles. The van der Waals surface area contributed by atoms with Crippen LogP contribution in [0.5, 0.6) is 0 Å². The number of likely N-dealkylation sites (N-methyl/N-ethyl adjacent to an activating group) is 1. The van der Waals surface area contributed by atoms with Crippen molar-refractivity contribution in [3.8, 4) is 0 Å². The van der Waals surface area contributed by atoms with Crippen LogP contribution in [0.4, 0.5) is 0 Å². The monoisotopic (exact) mass is 256 g/mol. The molecule has 3 nitrogen and oxygen atoms in total. The zero-order valence-corrected chi connectivity index (χ0v) is 13.4. The highest BCUT2D eigenvalue weighted by Crippen LogP contribution is 2.17. The van der Waals surface area contributed by atoms with E-state index in [2.05, 4.69) is 37.7 Å². The summed E-state index contributed by atoms with van der Waals surface area (Å²) in [5.74, 6) is 1.01. The van der Waals surface area contributed by atoms with Crippen LogP contribution in [0, 0.1) is 11.3 Å². The van der Waals surface area contributed by atoms with Gasteiger partial charge in [0.2, 0.25) is 0 Å². The number of hydrogen-bond acceptors (Lipinski definition) is 3. The predicted molar refractivity (Wildman–Crippen MR) is 78.9 cm³/mol. The lowest BCUT2D eigenvalue weighted by Crippen LogP contribution is -2.36. The van der Waals surface area contributed by atoms with Crippen molar-refractivity contribution in [1.82, 2.24) is 9.80 Å². The van der Waals surface area contributed by atoms with Crippen molar-refractivity contribution < 1.29 is 4.79 Å². The maximum Gasteiger partial charge on any atom is 0.139 e. The highest BCUT2D eigenvalue weighted by atomic mass is 16.1. The van der Waals surface area contributed by atoms with Gasteiger partial charge in [0.05, 0.1) is 0 Å². The molecule has 0 aliphatic rings. The van der Waals surface area contributed by atoms with E-state index >= 15 is 0 Å². The molecule has 0 spiro atoms. The molecule has 0 aromatic carbocycles. The minimum atomic E-state index is -0.203. The number of nitrogens with zero attached hydrogens (tertiary/aromatic N) is 2. The topological polar surface area (TPSA) is 23.6 Å². The zero-order chi connectivity index (χ0) is 14.3. The molecule has 0 aromatic rings. The van der Waals surface area contributed by atoms with Gasteiger partial charge < -0.3 is 9.80 Å². The summed E-state index contributed by atoms with van der Waals surface area (Å²) >= 11 is 0. The molecule has 0 atom stereocenters. The molecule has 0 fully saturated rings. The average Bonchev–Trinajstić information content (AvgIpc) is 2.19. The van der Waals surface area contributed by atoms with Crippen LogP contribution in [0.1, 0.15) is 41.0 Å². The Morgan fingerprint density at radius 2 is 1.61 bits per heavy atom. The molecule has 18 heavy (non-hydrogen) atoms. The molecule has 0 bridgehead atoms. The largest absolute Gasteiger partial charge is 0.308 e. The van der Waals surface area contributed by atoms with Gasteiger partial charge in [0.25, 0.3) is 0 Å². The van der Waals surface area contributed by atoms with Gasteiger partial charge in [0, 0.05) is 38.0 Å². The van der Waals surface area contributed by atoms with Crippen LogP contribution in [-0.2, 0) is 4.79 Å². The van der Waals surface area contributed by atoms with E-state index in [1.807, 2.05) is 20.8 Å². The van der Waals surface area contributed by atoms with Crippen molar-refractivity contribution in [2.24, 2.45) is 11.3 Å². The molecule has 0 saturated carbocycles. The van der Waals surface area contributed by atoms with Crippen LogP contribution in [0.2, 0.25) is 0 Å². The highest BCUT2D eigenvalue weighted by molar-refractivity contribution is 5.83. The Bertz CT molecular complexity index is 241. The van der Waals surface area contributed by atoms with Crippen LogP contribution in [0.15, 0.2) is 0 Å². The van der Waals surface area contributed by atoms with Crippen molar-refractivity contribution in [3.05, 3.63) is 0 Å². The second-order valence-electron chi connectivity index (χ2n) is 6.92. The molecule has 0 N–H and O–H groups in total. The van der Waals surface area contributed by atoms with E-state index in [1.54, 1.807) is 0 Å². The summed E-state index contributed by atoms with van der Waals surface area (Å²) in [6.45, 7) is 14.5. The van der Waals surface area contributed by atoms with Gasteiger partial charge in [0.15, 0.2) is 0 Å². The summed E-state index contributed by atoms with van der Waals surface area (Å²) in [5, 5.41) is 0. The molecular formula is C15H32N2O. The smallest absolute Gasteiger partial charge is 0.139 e. The van der Waals surface area contributed by atoms with Crippen LogP contribution in [0.25, 0.3) is 0 Å². The van der Waals surface area contributed by atoms with Crippen molar-refractivity contribution >= 4 is 5.78 Å². The number of ketones is 1. The molecule has 0 saturated heterocycles. The van der Waals surface area contributed by atoms with Crippen molar-refractivity contribution in [2.75, 3.05) is 40.3 Å². The summed E-state index contributed by atoms with van der Waals surface area (Å²) in [5.41, 5.74) is -0.203. The summed E-state index contributed by atoms with van der Waals surface area (Å²) in [6, 6.07) is 0. The molecule has 0 radical (unpaired) electrons. The first-order chi connectivity index (χ1) is 8.12. The lowest BCUT2D eigenvalue weighted by Gasteiger charge is -2.27. The Morgan fingerprint density at radius 1 is 1.06 bits per heavy atom. The number of hydrogen-bond donors (Lipinski definition) is 0. The van der Waals surface area contributed by atoms with E-state index < -0.39 is 0 Å². The quantitative estimate of drug-likeness (QED) is 0.667.